The number of hydrogen-bond acceptors (Lipinski definition) is 0. The minimum Gasteiger partial charge on any atom is -0.115 e. The average Bonchev–Trinajstić information content (AvgIpc) is 3.05. The van der Waals surface area contributed by atoms with E-state index in [4.69, 9.17) is 12.8 Å². The zero-order chi connectivity index (χ0) is 29.0. The van der Waals surface area contributed by atoms with E-state index in [1.807, 2.05) is 121 Å². The van der Waals surface area contributed by atoms with Gasteiger partial charge < -0.3 is 0 Å². The molecule has 0 aliphatic rings. The molecule has 0 heteroatoms. The van der Waals surface area contributed by atoms with Gasteiger partial charge in [-0.25, -0.2) is 0 Å². The van der Waals surface area contributed by atoms with Crippen molar-refractivity contribution in [2.45, 2.75) is 0 Å². The Hall–Kier alpha value is -6.54. The lowest BCUT2D eigenvalue weighted by atomic mass is 10.0. The SMILES string of the molecule is C#Cc1ccccc1C#Cc1ccccc1C#Cc1ccccc1C#Cc1ccccc1C#Cc1ccccc1C#C. The van der Waals surface area contributed by atoms with Crippen LogP contribution < -0.4 is 0 Å². The summed E-state index contributed by atoms with van der Waals surface area (Å²) in [5.41, 5.74) is 8.16. The molecule has 0 atom stereocenters. The highest BCUT2D eigenvalue weighted by atomic mass is 14.0. The summed E-state index contributed by atoms with van der Waals surface area (Å²) < 4.78 is 0. The molecule has 0 amide bonds. The summed E-state index contributed by atoms with van der Waals surface area (Å²) in [6.45, 7) is 0. The molecule has 0 nitrogen and oxygen atoms in total. The molecule has 0 radical (unpaired) electrons. The van der Waals surface area contributed by atoms with Gasteiger partial charge in [0, 0.05) is 55.6 Å². The third-order valence-corrected chi connectivity index (χ3v) is 6.27. The maximum Gasteiger partial charge on any atom is 0.0405 e. The summed E-state index contributed by atoms with van der Waals surface area (Å²) in [4.78, 5) is 0. The van der Waals surface area contributed by atoms with Gasteiger partial charge in [-0.05, 0) is 60.7 Å². The maximum atomic E-state index is 5.63. The largest absolute Gasteiger partial charge is 0.115 e. The molecule has 0 unspecified atom stereocenters. The Labute approximate surface area is 248 Å². The molecule has 0 saturated heterocycles. The molecule has 5 aromatic carbocycles. The van der Waals surface area contributed by atoms with Crippen molar-refractivity contribution in [1.82, 2.24) is 0 Å². The fourth-order valence-corrected chi connectivity index (χ4v) is 4.08. The molecule has 0 heterocycles. The number of rotatable bonds is 0. The van der Waals surface area contributed by atoms with Gasteiger partial charge in [-0.3, -0.25) is 0 Å². The summed E-state index contributed by atoms with van der Waals surface area (Å²) in [5.74, 6) is 31.4. The van der Waals surface area contributed by atoms with Crippen LogP contribution in [0.2, 0.25) is 0 Å². The molecular formula is C42H22. The summed E-state index contributed by atoms with van der Waals surface area (Å²) in [7, 11) is 0. The number of terminal acetylenes is 2. The van der Waals surface area contributed by atoms with Gasteiger partial charge in [0.25, 0.3) is 0 Å². The summed E-state index contributed by atoms with van der Waals surface area (Å²) in [6, 6.07) is 38.8. The van der Waals surface area contributed by atoms with E-state index in [2.05, 4.69) is 59.2 Å². The molecule has 0 aliphatic carbocycles. The van der Waals surface area contributed by atoms with Crippen molar-refractivity contribution < 1.29 is 0 Å². The summed E-state index contributed by atoms with van der Waals surface area (Å²) in [6.07, 6.45) is 11.3. The number of hydrogen-bond donors (Lipinski definition) is 0. The van der Waals surface area contributed by atoms with Gasteiger partial charge in [-0.1, -0.05) is 120 Å². The Morgan fingerprint density at radius 1 is 0.238 bits per heavy atom. The monoisotopic (exact) mass is 526 g/mol. The first kappa shape index (κ1) is 27.0. The molecule has 0 bridgehead atoms. The lowest BCUT2D eigenvalue weighted by Gasteiger charge is -1.99. The van der Waals surface area contributed by atoms with Gasteiger partial charge in [0.15, 0.2) is 0 Å². The van der Waals surface area contributed by atoms with Crippen molar-refractivity contribution >= 4 is 0 Å². The Balaban J connectivity index is 1.45. The molecule has 0 aromatic heterocycles. The summed E-state index contributed by atoms with van der Waals surface area (Å²) >= 11 is 0. The predicted octanol–water partition coefficient (Wildman–Crippen LogP) is 7.25. The fourth-order valence-electron chi connectivity index (χ4n) is 4.08. The first-order valence-electron chi connectivity index (χ1n) is 13.2. The van der Waals surface area contributed by atoms with Crippen molar-refractivity contribution in [2.75, 3.05) is 0 Å². The van der Waals surface area contributed by atoms with Crippen LogP contribution >= 0.6 is 0 Å². The predicted molar refractivity (Wildman–Crippen MR) is 172 cm³/mol. The average molecular weight is 527 g/mol. The van der Waals surface area contributed by atoms with E-state index in [-0.39, 0.29) is 0 Å². The van der Waals surface area contributed by atoms with Crippen LogP contribution in [0, 0.1) is 72.1 Å². The maximum absolute atomic E-state index is 5.63. The standard InChI is InChI=1S/C42H22/c1-3-33-15-5-7-17-35(33)25-27-37-19-9-11-21-39(37)29-31-41-23-13-14-24-42(41)32-30-40-22-12-10-20-38(40)28-26-36-18-8-6-16-34(36)4-2/h1-2,5-24H. The van der Waals surface area contributed by atoms with Gasteiger partial charge in [0.05, 0.1) is 0 Å². The molecule has 5 rings (SSSR count). The lowest BCUT2D eigenvalue weighted by Crippen LogP contribution is -1.87. The minimum absolute atomic E-state index is 0.769. The first-order valence-corrected chi connectivity index (χ1v) is 13.2. The highest BCUT2D eigenvalue weighted by Gasteiger charge is 2.01. The van der Waals surface area contributed by atoms with Gasteiger partial charge in [0.2, 0.25) is 0 Å². The molecule has 0 N–H and O–H groups in total. The van der Waals surface area contributed by atoms with Crippen LogP contribution in [0.5, 0.6) is 0 Å². The van der Waals surface area contributed by atoms with E-state index in [1.165, 1.54) is 0 Å². The second-order valence-corrected chi connectivity index (χ2v) is 9.02. The molecule has 42 heavy (non-hydrogen) atoms. The minimum atomic E-state index is 0.769. The fraction of sp³-hybridized carbons (Fsp3) is 0. The summed E-state index contributed by atoms with van der Waals surface area (Å²) in [5, 5.41) is 0. The smallest absolute Gasteiger partial charge is 0.0405 e. The van der Waals surface area contributed by atoms with Crippen LogP contribution in [0.1, 0.15) is 55.6 Å². The lowest BCUT2D eigenvalue weighted by molar-refractivity contribution is 1.55. The van der Waals surface area contributed by atoms with Crippen molar-refractivity contribution in [1.29, 1.82) is 0 Å². The van der Waals surface area contributed by atoms with Crippen LogP contribution in [-0.2, 0) is 0 Å². The van der Waals surface area contributed by atoms with E-state index in [1.54, 1.807) is 0 Å². The zero-order valence-corrected chi connectivity index (χ0v) is 22.7. The highest BCUT2D eigenvalue weighted by Crippen LogP contribution is 2.13. The molecule has 190 valence electrons. The molecule has 0 aliphatic heterocycles. The molecule has 0 saturated carbocycles. The Kier molecular flexibility index (Phi) is 8.69. The Bertz CT molecular complexity index is 1970. The second-order valence-electron chi connectivity index (χ2n) is 9.02. The van der Waals surface area contributed by atoms with Crippen LogP contribution in [0.3, 0.4) is 0 Å². The third-order valence-electron chi connectivity index (χ3n) is 6.27. The Morgan fingerprint density at radius 2 is 0.381 bits per heavy atom. The van der Waals surface area contributed by atoms with Crippen LogP contribution in [0.15, 0.2) is 121 Å². The third kappa shape index (κ3) is 6.71. The normalized spacial score (nSPS) is 9.10. The molecule has 0 fully saturated rings. The van der Waals surface area contributed by atoms with Gasteiger partial charge >= 0.3 is 0 Å². The Morgan fingerprint density at radius 3 is 0.548 bits per heavy atom. The first-order chi connectivity index (χ1) is 20.7. The van der Waals surface area contributed by atoms with E-state index in [9.17, 15) is 0 Å². The highest BCUT2D eigenvalue weighted by molar-refractivity contribution is 5.61. The van der Waals surface area contributed by atoms with Crippen LogP contribution in [0.25, 0.3) is 0 Å². The van der Waals surface area contributed by atoms with Crippen molar-refractivity contribution in [2.24, 2.45) is 0 Å². The van der Waals surface area contributed by atoms with Crippen LogP contribution in [0.4, 0.5) is 0 Å². The van der Waals surface area contributed by atoms with Gasteiger partial charge in [-0.2, -0.15) is 0 Å². The van der Waals surface area contributed by atoms with Gasteiger partial charge in [-0.15, -0.1) is 12.8 Å². The topological polar surface area (TPSA) is 0 Å². The van der Waals surface area contributed by atoms with E-state index in [0.717, 1.165) is 55.6 Å². The van der Waals surface area contributed by atoms with E-state index < -0.39 is 0 Å². The molecular weight excluding hydrogens is 504 g/mol. The number of benzene rings is 5. The quantitative estimate of drug-likeness (QED) is 0.187. The van der Waals surface area contributed by atoms with Crippen molar-refractivity contribution in [3.63, 3.8) is 0 Å². The van der Waals surface area contributed by atoms with Gasteiger partial charge in [0.1, 0.15) is 0 Å². The van der Waals surface area contributed by atoms with E-state index >= 15 is 0 Å². The van der Waals surface area contributed by atoms with Crippen molar-refractivity contribution in [3.05, 3.63) is 177 Å². The second kappa shape index (κ2) is 13.5. The van der Waals surface area contributed by atoms with Crippen LogP contribution in [-0.4, -0.2) is 0 Å². The van der Waals surface area contributed by atoms with E-state index in [0.29, 0.717) is 0 Å². The van der Waals surface area contributed by atoms with Crippen molar-refractivity contribution in [3.8, 4) is 72.1 Å². The molecule has 0 spiro atoms. The zero-order valence-electron chi connectivity index (χ0n) is 22.7. The molecule has 5 aromatic rings.